The topological polar surface area (TPSA) is 79.9 Å². The van der Waals surface area contributed by atoms with Crippen molar-refractivity contribution in [2.75, 3.05) is 6.26 Å². The first kappa shape index (κ1) is 11.5. The second-order valence-corrected chi connectivity index (χ2v) is 5.56. The second kappa shape index (κ2) is 4.14. The van der Waals surface area contributed by atoms with Crippen LogP contribution in [0.1, 0.15) is 0 Å². The van der Waals surface area contributed by atoms with Crippen LogP contribution in [-0.4, -0.2) is 24.9 Å². The van der Waals surface area contributed by atoms with Gasteiger partial charge in [-0.25, -0.2) is 13.5 Å². The van der Waals surface area contributed by atoms with Crippen LogP contribution >= 0.6 is 0 Å². The Kier molecular flexibility index (Phi) is 2.81. The molecular weight excluding hydrogens is 240 g/mol. The monoisotopic (exact) mass is 250 g/mol. The zero-order valence-electron chi connectivity index (χ0n) is 9.04. The molecule has 5 nitrogen and oxygen atoms in total. The largest absolute Gasteiger partial charge is 0.273 e. The fraction of sp³-hybridized carbons (Fsp3) is 0.0909. The molecule has 0 unspecified atom stereocenters. The minimum absolute atomic E-state index is 0.0625. The van der Waals surface area contributed by atoms with Gasteiger partial charge < -0.3 is 0 Å². The Hall–Kier alpha value is -1.95. The number of nitrogens with one attached hydrogen (secondary N) is 1. The van der Waals surface area contributed by atoms with Gasteiger partial charge in [-0.2, -0.15) is 5.10 Å². The minimum Gasteiger partial charge on any atom is -0.267 e. The molecule has 0 saturated carbocycles. The van der Waals surface area contributed by atoms with Gasteiger partial charge in [-0.1, -0.05) is 30.3 Å². The highest BCUT2D eigenvalue weighted by atomic mass is 32.2. The third-order valence-electron chi connectivity index (χ3n) is 2.28. The van der Waals surface area contributed by atoms with Crippen LogP contribution in [0.4, 0.5) is 0 Å². The molecule has 17 heavy (non-hydrogen) atoms. The Morgan fingerprint density at radius 2 is 1.82 bits per heavy atom. The maximum Gasteiger partial charge on any atom is 0.273 e. The average Bonchev–Trinajstić information content (AvgIpc) is 2.28. The molecule has 2 aromatic rings. The molecule has 1 heterocycles. The van der Waals surface area contributed by atoms with Gasteiger partial charge in [0.15, 0.2) is 9.84 Å². The number of sulfone groups is 1. The summed E-state index contributed by atoms with van der Waals surface area (Å²) in [4.78, 5) is 11.6. The lowest BCUT2D eigenvalue weighted by atomic mass is 10.1. The van der Waals surface area contributed by atoms with Crippen LogP contribution in [0.2, 0.25) is 0 Å². The molecule has 88 valence electrons. The van der Waals surface area contributed by atoms with Crippen LogP contribution in [0.25, 0.3) is 11.1 Å². The maximum absolute atomic E-state index is 11.7. The van der Waals surface area contributed by atoms with Crippen LogP contribution in [0.15, 0.2) is 46.2 Å². The fourth-order valence-electron chi connectivity index (χ4n) is 1.54. The van der Waals surface area contributed by atoms with E-state index in [9.17, 15) is 13.2 Å². The number of hydrogen-bond acceptors (Lipinski definition) is 4. The number of aromatic nitrogens is 2. The zero-order chi connectivity index (χ0) is 12.5. The number of hydrogen-bond donors (Lipinski definition) is 1. The molecule has 0 atom stereocenters. The lowest BCUT2D eigenvalue weighted by Gasteiger charge is -2.05. The van der Waals surface area contributed by atoms with Crippen molar-refractivity contribution in [3.05, 3.63) is 46.9 Å². The molecule has 0 spiro atoms. The Morgan fingerprint density at radius 3 is 2.41 bits per heavy atom. The molecule has 0 aliphatic heterocycles. The van der Waals surface area contributed by atoms with E-state index in [0.717, 1.165) is 12.5 Å². The molecule has 2 rings (SSSR count). The highest BCUT2D eigenvalue weighted by Gasteiger charge is 2.18. The lowest BCUT2D eigenvalue weighted by molar-refractivity contribution is 0.601. The fourth-order valence-corrected chi connectivity index (χ4v) is 2.37. The molecule has 0 fully saturated rings. The predicted octanol–water partition coefficient (Wildman–Crippen LogP) is 0.840. The first-order valence-corrected chi connectivity index (χ1v) is 6.72. The van der Waals surface area contributed by atoms with Crippen molar-refractivity contribution < 1.29 is 8.42 Å². The van der Waals surface area contributed by atoms with E-state index in [0.29, 0.717) is 5.56 Å². The highest BCUT2D eigenvalue weighted by molar-refractivity contribution is 7.90. The van der Waals surface area contributed by atoms with Crippen molar-refractivity contribution in [2.45, 2.75) is 4.90 Å². The highest BCUT2D eigenvalue weighted by Crippen LogP contribution is 2.22. The molecule has 0 bridgehead atoms. The Balaban J connectivity index is 2.83. The van der Waals surface area contributed by atoms with E-state index in [1.54, 1.807) is 30.3 Å². The van der Waals surface area contributed by atoms with Crippen LogP contribution in [-0.2, 0) is 9.84 Å². The van der Waals surface area contributed by atoms with Crippen molar-refractivity contribution in [3.63, 3.8) is 0 Å². The summed E-state index contributed by atoms with van der Waals surface area (Å²) < 4.78 is 23.2. The van der Waals surface area contributed by atoms with E-state index in [4.69, 9.17) is 0 Å². The third kappa shape index (κ3) is 2.26. The predicted molar refractivity (Wildman–Crippen MR) is 63.4 cm³/mol. The summed E-state index contributed by atoms with van der Waals surface area (Å²) in [6.45, 7) is 0. The third-order valence-corrected chi connectivity index (χ3v) is 3.39. The molecule has 1 aromatic heterocycles. The standard InChI is InChI=1S/C11H10N2O3S/c1-17(15,16)9-7-12-13-11(14)10(9)8-5-3-2-4-6-8/h2-7H,1H3,(H,13,14). The Labute approximate surface area is 98.0 Å². The normalized spacial score (nSPS) is 11.4. The summed E-state index contributed by atoms with van der Waals surface area (Å²) in [5.41, 5.74) is 0.166. The molecule has 6 heteroatoms. The molecular formula is C11H10N2O3S. The van der Waals surface area contributed by atoms with Gasteiger partial charge in [0.1, 0.15) is 4.90 Å². The van der Waals surface area contributed by atoms with Gasteiger partial charge in [0.05, 0.1) is 11.8 Å². The summed E-state index contributed by atoms with van der Waals surface area (Å²) in [7, 11) is -3.49. The summed E-state index contributed by atoms with van der Waals surface area (Å²) in [5.74, 6) is 0. The molecule has 1 N–H and O–H groups in total. The van der Waals surface area contributed by atoms with Crippen LogP contribution < -0.4 is 5.56 Å². The van der Waals surface area contributed by atoms with Gasteiger partial charge in [0, 0.05) is 6.26 Å². The molecule has 1 aromatic carbocycles. The second-order valence-electron chi connectivity index (χ2n) is 3.58. The van der Waals surface area contributed by atoms with Crippen molar-refractivity contribution in [1.29, 1.82) is 0 Å². The summed E-state index contributed by atoms with van der Waals surface area (Å²) in [6.07, 6.45) is 2.20. The first-order chi connectivity index (χ1) is 8.00. The van der Waals surface area contributed by atoms with Crippen LogP contribution in [0, 0.1) is 0 Å². The Bertz CT molecular complexity index is 690. The summed E-state index contributed by atoms with van der Waals surface area (Å²) >= 11 is 0. The van der Waals surface area contributed by atoms with Crippen LogP contribution in [0.3, 0.4) is 0 Å². The van der Waals surface area contributed by atoms with E-state index < -0.39 is 15.4 Å². The minimum atomic E-state index is -3.49. The lowest BCUT2D eigenvalue weighted by Crippen LogP contribution is -2.15. The van der Waals surface area contributed by atoms with Gasteiger partial charge in [-0.3, -0.25) is 4.79 Å². The van der Waals surface area contributed by atoms with Gasteiger partial charge >= 0.3 is 0 Å². The number of benzene rings is 1. The van der Waals surface area contributed by atoms with E-state index in [2.05, 4.69) is 10.2 Å². The quantitative estimate of drug-likeness (QED) is 0.856. The van der Waals surface area contributed by atoms with Gasteiger partial charge in [-0.05, 0) is 5.56 Å². The molecule has 0 aliphatic rings. The van der Waals surface area contributed by atoms with E-state index in [-0.39, 0.29) is 10.5 Å². The van der Waals surface area contributed by atoms with Crippen LogP contribution in [0.5, 0.6) is 0 Å². The van der Waals surface area contributed by atoms with Crippen molar-refractivity contribution >= 4 is 9.84 Å². The smallest absolute Gasteiger partial charge is 0.267 e. The zero-order valence-corrected chi connectivity index (χ0v) is 9.86. The maximum atomic E-state index is 11.7. The van der Waals surface area contributed by atoms with Gasteiger partial charge in [0.25, 0.3) is 5.56 Å². The number of aromatic amines is 1. The van der Waals surface area contributed by atoms with Crippen molar-refractivity contribution in [3.8, 4) is 11.1 Å². The van der Waals surface area contributed by atoms with Crippen molar-refractivity contribution in [1.82, 2.24) is 10.2 Å². The number of H-pyrrole nitrogens is 1. The van der Waals surface area contributed by atoms with Gasteiger partial charge in [-0.15, -0.1) is 0 Å². The van der Waals surface area contributed by atoms with Crippen molar-refractivity contribution in [2.24, 2.45) is 0 Å². The molecule has 0 amide bonds. The number of rotatable bonds is 2. The van der Waals surface area contributed by atoms with E-state index >= 15 is 0 Å². The number of nitrogens with zero attached hydrogens (tertiary/aromatic N) is 1. The summed E-state index contributed by atoms with van der Waals surface area (Å²) in [5, 5.41) is 5.76. The molecule has 0 radical (unpaired) electrons. The molecule has 0 saturated heterocycles. The SMILES string of the molecule is CS(=O)(=O)c1cn[nH]c(=O)c1-c1ccccc1. The van der Waals surface area contributed by atoms with E-state index in [1.165, 1.54) is 0 Å². The van der Waals surface area contributed by atoms with Gasteiger partial charge in [0.2, 0.25) is 0 Å². The van der Waals surface area contributed by atoms with E-state index in [1.807, 2.05) is 0 Å². The summed E-state index contributed by atoms with van der Waals surface area (Å²) in [6, 6.07) is 8.63. The molecule has 0 aliphatic carbocycles. The Morgan fingerprint density at radius 1 is 1.18 bits per heavy atom. The average molecular weight is 250 g/mol. The first-order valence-electron chi connectivity index (χ1n) is 4.83.